The minimum Gasteiger partial charge on any atom is -0.337 e. The molecule has 9 heteroatoms. The fourth-order valence-corrected chi connectivity index (χ4v) is 3.88. The van der Waals surface area contributed by atoms with E-state index < -0.39 is 0 Å². The van der Waals surface area contributed by atoms with Crippen molar-refractivity contribution in [1.29, 1.82) is 0 Å². The van der Waals surface area contributed by atoms with Gasteiger partial charge in [-0.15, -0.1) is 0 Å². The predicted molar refractivity (Wildman–Crippen MR) is 102 cm³/mol. The van der Waals surface area contributed by atoms with Crippen LogP contribution < -0.4 is 0 Å². The summed E-state index contributed by atoms with van der Waals surface area (Å²) in [6, 6.07) is 7.37. The fraction of sp³-hybridized carbons (Fsp3) is 0.400. The number of aromatic nitrogens is 2. The van der Waals surface area contributed by atoms with Crippen LogP contribution in [0.25, 0.3) is 11.3 Å². The van der Waals surface area contributed by atoms with Gasteiger partial charge in [-0.25, -0.2) is 9.18 Å². The molecule has 8 nitrogen and oxygen atoms in total. The molecule has 0 unspecified atom stereocenters. The summed E-state index contributed by atoms with van der Waals surface area (Å²) >= 11 is 0. The molecule has 0 aliphatic carbocycles. The second-order valence-electron chi connectivity index (χ2n) is 7.43. The number of piperidine rings is 1. The maximum atomic E-state index is 13.1. The van der Waals surface area contributed by atoms with Crippen LogP contribution in [0.4, 0.5) is 9.18 Å². The van der Waals surface area contributed by atoms with Crippen molar-refractivity contribution in [2.45, 2.75) is 18.9 Å². The van der Waals surface area contributed by atoms with E-state index in [1.54, 1.807) is 35.0 Å². The lowest BCUT2D eigenvalue weighted by molar-refractivity contribution is -0.124. The summed E-state index contributed by atoms with van der Waals surface area (Å²) in [6.07, 6.45) is 1.25. The van der Waals surface area contributed by atoms with Crippen molar-refractivity contribution in [2.24, 2.45) is 7.05 Å². The topological polar surface area (TPSA) is 78.8 Å². The van der Waals surface area contributed by atoms with Gasteiger partial charge in [-0.3, -0.25) is 19.2 Å². The van der Waals surface area contributed by atoms with E-state index in [0.29, 0.717) is 37.3 Å². The van der Waals surface area contributed by atoms with Gasteiger partial charge < -0.3 is 9.80 Å². The van der Waals surface area contributed by atoms with Crippen LogP contribution in [-0.2, 0) is 11.8 Å². The van der Waals surface area contributed by atoms with Crippen molar-refractivity contribution in [3.8, 4) is 11.3 Å². The summed E-state index contributed by atoms with van der Waals surface area (Å²) in [5, 5.41) is 4.38. The molecule has 0 N–H and O–H groups in total. The molecule has 0 bridgehead atoms. The number of likely N-dealkylation sites (tertiary alicyclic amines) is 1. The van der Waals surface area contributed by atoms with E-state index >= 15 is 0 Å². The number of rotatable bonds is 3. The van der Waals surface area contributed by atoms with Crippen molar-refractivity contribution >= 4 is 17.8 Å². The van der Waals surface area contributed by atoms with Crippen LogP contribution in [0.3, 0.4) is 0 Å². The molecule has 2 fully saturated rings. The molecule has 152 valence electrons. The highest BCUT2D eigenvalue weighted by molar-refractivity contribution is 6.01. The SMILES string of the molecule is CN1C(=O)CN(C2CCN(C(=O)c3cc(-c4ccc(F)cc4)nn3C)CC2)C1=O. The number of carbonyl (C=O) groups is 3. The average Bonchev–Trinajstić information content (AvgIpc) is 3.23. The first kappa shape index (κ1) is 19.1. The minimum atomic E-state index is -0.326. The number of hydrogen-bond donors (Lipinski definition) is 0. The molecule has 2 aliphatic heterocycles. The molecule has 3 heterocycles. The zero-order chi connectivity index (χ0) is 20.7. The zero-order valence-corrected chi connectivity index (χ0v) is 16.3. The highest BCUT2D eigenvalue weighted by Crippen LogP contribution is 2.24. The quantitative estimate of drug-likeness (QED) is 0.737. The number of urea groups is 1. The van der Waals surface area contributed by atoms with Crippen LogP contribution in [-0.4, -0.2) is 75.0 Å². The van der Waals surface area contributed by atoms with Crippen molar-refractivity contribution in [3.05, 3.63) is 41.8 Å². The second kappa shape index (κ2) is 7.31. The van der Waals surface area contributed by atoms with Crippen molar-refractivity contribution in [2.75, 3.05) is 26.7 Å². The van der Waals surface area contributed by atoms with E-state index in [2.05, 4.69) is 5.10 Å². The molecule has 0 atom stereocenters. The number of aryl methyl sites for hydroxylation is 1. The first-order chi connectivity index (χ1) is 13.8. The van der Waals surface area contributed by atoms with Gasteiger partial charge in [0.05, 0.1) is 5.69 Å². The summed E-state index contributed by atoms with van der Waals surface area (Å²) in [6.45, 7) is 1.11. The molecule has 29 heavy (non-hydrogen) atoms. The lowest BCUT2D eigenvalue weighted by Gasteiger charge is -2.35. The number of likely N-dealkylation sites (N-methyl/N-ethyl adjacent to an activating group) is 1. The molecule has 0 radical (unpaired) electrons. The number of carbonyl (C=O) groups excluding carboxylic acids is 3. The summed E-state index contributed by atoms with van der Waals surface area (Å²) in [5.74, 6) is -0.655. The van der Waals surface area contributed by atoms with Gasteiger partial charge in [0.2, 0.25) is 5.91 Å². The number of benzene rings is 1. The Kier molecular flexibility index (Phi) is 4.81. The van der Waals surface area contributed by atoms with E-state index in [0.717, 1.165) is 10.5 Å². The van der Waals surface area contributed by atoms with Crippen LogP contribution in [0.2, 0.25) is 0 Å². The van der Waals surface area contributed by atoms with E-state index in [9.17, 15) is 18.8 Å². The Balaban J connectivity index is 1.43. The van der Waals surface area contributed by atoms with Crippen LogP contribution in [0, 0.1) is 5.82 Å². The number of halogens is 1. The molecule has 4 amide bonds. The summed E-state index contributed by atoms with van der Waals surface area (Å²) in [4.78, 5) is 41.4. The molecule has 1 aromatic heterocycles. The molecule has 2 aromatic rings. The van der Waals surface area contributed by atoms with Crippen LogP contribution in [0.1, 0.15) is 23.3 Å². The van der Waals surface area contributed by atoms with E-state index in [4.69, 9.17) is 0 Å². The predicted octanol–water partition coefficient (Wildman–Crippen LogP) is 1.72. The van der Waals surface area contributed by atoms with Gasteiger partial charge in [0.1, 0.15) is 18.1 Å². The van der Waals surface area contributed by atoms with Crippen molar-refractivity contribution < 1.29 is 18.8 Å². The normalized spacial score (nSPS) is 18.1. The van der Waals surface area contributed by atoms with E-state index in [1.165, 1.54) is 23.9 Å². The van der Waals surface area contributed by atoms with Crippen LogP contribution >= 0.6 is 0 Å². The molecule has 2 aliphatic rings. The summed E-state index contributed by atoms with van der Waals surface area (Å²) in [7, 11) is 3.20. The highest BCUT2D eigenvalue weighted by Gasteiger charge is 2.39. The smallest absolute Gasteiger partial charge is 0.327 e. The maximum absolute atomic E-state index is 13.1. The molecule has 0 spiro atoms. The Morgan fingerprint density at radius 2 is 1.76 bits per heavy atom. The molecule has 0 saturated carbocycles. The maximum Gasteiger partial charge on any atom is 0.327 e. The molecule has 1 aromatic carbocycles. The minimum absolute atomic E-state index is 0.0400. The summed E-state index contributed by atoms with van der Waals surface area (Å²) in [5.41, 5.74) is 1.80. The third-order valence-corrected chi connectivity index (χ3v) is 5.64. The third-order valence-electron chi connectivity index (χ3n) is 5.64. The van der Waals surface area contributed by atoms with Gasteiger partial charge in [-0.05, 0) is 43.2 Å². The Labute approximate surface area is 167 Å². The van der Waals surface area contributed by atoms with Gasteiger partial charge in [-0.1, -0.05) is 0 Å². The average molecular weight is 399 g/mol. The van der Waals surface area contributed by atoms with Crippen molar-refractivity contribution in [1.82, 2.24) is 24.5 Å². The Morgan fingerprint density at radius 1 is 1.10 bits per heavy atom. The van der Waals surface area contributed by atoms with E-state index in [1.807, 2.05) is 0 Å². The highest BCUT2D eigenvalue weighted by atomic mass is 19.1. The fourth-order valence-electron chi connectivity index (χ4n) is 3.88. The van der Waals surface area contributed by atoms with Gasteiger partial charge >= 0.3 is 6.03 Å². The molecular weight excluding hydrogens is 377 g/mol. The largest absolute Gasteiger partial charge is 0.337 e. The second-order valence-corrected chi connectivity index (χ2v) is 7.43. The first-order valence-electron chi connectivity index (χ1n) is 9.51. The van der Waals surface area contributed by atoms with Crippen LogP contribution in [0.5, 0.6) is 0 Å². The van der Waals surface area contributed by atoms with Gasteiger partial charge in [-0.2, -0.15) is 5.10 Å². The van der Waals surface area contributed by atoms with Gasteiger partial charge in [0.25, 0.3) is 5.91 Å². The number of hydrogen-bond acceptors (Lipinski definition) is 4. The van der Waals surface area contributed by atoms with Gasteiger partial charge in [0, 0.05) is 38.8 Å². The lowest BCUT2D eigenvalue weighted by Crippen LogP contribution is -2.48. The standard InChI is InChI=1S/C20H22FN5O3/c1-23-18(27)12-26(20(23)29)15-7-9-25(10-8-15)19(28)17-11-16(22-24(17)2)13-3-5-14(21)6-4-13/h3-6,11,15H,7-10,12H2,1-2H3. The van der Waals surface area contributed by atoms with Crippen molar-refractivity contribution in [3.63, 3.8) is 0 Å². The summed E-state index contributed by atoms with van der Waals surface area (Å²) < 4.78 is 14.7. The molecule has 4 rings (SSSR count). The Bertz CT molecular complexity index is 963. The number of imide groups is 1. The van der Waals surface area contributed by atoms with E-state index in [-0.39, 0.29) is 36.2 Å². The number of nitrogens with zero attached hydrogens (tertiary/aromatic N) is 5. The Morgan fingerprint density at radius 3 is 2.34 bits per heavy atom. The third kappa shape index (κ3) is 3.48. The monoisotopic (exact) mass is 399 g/mol. The Hall–Kier alpha value is -3.23. The van der Waals surface area contributed by atoms with Crippen LogP contribution in [0.15, 0.2) is 30.3 Å². The number of amides is 4. The van der Waals surface area contributed by atoms with Gasteiger partial charge in [0.15, 0.2) is 0 Å². The lowest BCUT2D eigenvalue weighted by atomic mass is 10.0. The molecular formula is C20H22FN5O3. The first-order valence-corrected chi connectivity index (χ1v) is 9.51. The zero-order valence-electron chi connectivity index (χ0n) is 16.3. The molecule has 2 saturated heterocycles.